The van der Waals surface area contributed by atoms with Crippen molar-refractivity contribution in [1.29, 1.82) is 21.2 Å². The fourth-order valence-electron chi connectivity index (χ4n) is 4.27. The summed E-state index contributed by atoms with van der Waals surface area (Å²) in [5.41, 5.74) is -0.0938. The molecule has 0 bridgehead atoms. The Bertz CT molecular complexity index is 882. The second kappa shape index (κ2) is 7.23. The van der Waals surface area contributed by atoms with Crippen molar-refractivity contribution in [2.24, 2.45) is 17.3 Å². The normalized spacial score (nSPS) is 26.7. The van der Waals surface area contributed by atoms with E-state index in [9.17, 15) is 15.8 Å². The number of fused-ring (bicyclic) bond motifs is 1. The molecule has 0 spiro atoms. The van der Waals surface area contributed by atoms with E-state index >= 15 is 0 Å². The van der Waals surface area contributed by atoms with Crippen LogP contribution in [0.15, 0.2) is 35.9 Å². The Morgan fingerprint density at radius 2 is 1.89 bits per heavy atom. The molecule has 1 aliphatic heterocycles. The van der Waals surface area contributed by atoms with Gasteiger partial charge in [0.15, 0.2) is 5.41 Å². The van der Waals surface area contributed by atoms with Crippen LogP contribution in [0.1, 0.15) is 18.4 Å². The smallest absolute Gasteiger partial charge is 0.189 e. The number of ether oxygens (including phenoxy) is 1. The highest BCUT2D eigenvalue weighted by atomic mass is 16.5. The molecule has 0 amide bonds. The lowest BCUT2D eigenvalue weighted by Gasteiger charge is -2.47. The zero-order valence-electron chi connectivity index (χ0n) is 15.4. The van der Waals surface area contributed by atoms with E-state index in [1.165, 1.54) is 0 Å². The van der Waals surface area contributed by atoms with Gasteiger partial charge in [-0.05, 0) is 37.2 Å². The lowest BCUT2D eigenvalue weighted by atomic mass is 9.54. The van der Waals surface area contributed by atoms with Crippen LogP contribution in [0.2, 0.25) is 0 Å². The average Bonchev–Trinajstić information content (AvgIpc) is 2.68. The molecular weight excluding hydrogens is 338 g/mol. The molecule has 136 valence electrons. The molecule has 1 N–H and O–H groups in total. The molecule has 27 heavy (non-hydrogen) atoms. The van der Waals surface area contributed by atoms with Crippen molar-refractivity contribution in [2.75, 3.05) is 26.7 Å². The molecule has 1 heterocycles. The van der Waals surface area contributed by atoms with E-state index in [0.717, 1.165) is 16.9 Å². The number of hydrogen-bond donors (Lipinski definition) is 1. The number of nitriles is 3. The van der Waals surface area contributed by atoms with Crippen molar-refractivity contribution in [2.45, 2.75) is 12.8 Å². The molecule has 2 aliphatic rings. The Hall–Kier alpha value is -3.14. The van der Waals surface area contributed by atoms with Crippen molar-refractivity contribution in [3.8, 4) is 24.0 Å². The Morgan fingerprint density at radius 3 is 2.44 bits per heavy atom. The van der Waals surface area contributed by atoms with Gasteiger partial charge < -0.3 is 15.0 Å². The minimum absolute atomic E-state index is 0.110. The molecule has 3 atom stereocenters. The van der Waals surface area contributed by atoms with Gasteiger partial charge in [-0.2, -0.15) is 15.8 Å². The Kier molecular flexibility index (Phi) is 5.00. The molecule has 3 rings (SSSR count). The molecule has 1 saturated carbocycles. The van der Waals surface area contributed by atoms with Crippen LogP contribution in [-0.4, -0.2) is 37.4 Å². The fraction of sp³-hybridized carbons (Fsp3) is 0.429. The van der Waals surface area contributed by atoms with Crippen molar-refractivity contribution in [3.05, 3.63) is 41.5 Å². The van der Waals surface area contributed by atoms with Gasteiger partial charge in [-0.15, -0.1) is 0 Å². The Labute approximate surface area is 159 Å². The molecule has 0 unspecified atom stereocenters. The van der Waals surface area contributed by atoms with Crippen LogP contribution >= 0.6 is 0 Å². The van der Waals surface area contributed by atoms with Crippen molar-refractivity contribution < 1.29 is 4.74 Å². The Morgan fingerprint density at radius 1 is 1.22 bits per heavy atom. The maximum absolute atomic E-state index is 9.97. The monoisotopic (exact) mass is 359 g/mol. The molecule has 0 radical (unpaired) electrons. The molecular formula is C21H21N5O. The quantitative estimate of drug-likeness (QED) is 0.835. The highest BCUT2D eigenvalue weighted by Crippen LogP contribution is 2.53. The van der Waals surface area contributed by atoms with E-state index in [0.29, 0.717) is 19.7 Å². The van der Waals surface area contributed by atoms with Gasteiger partial charge in [0.2, 0.25) is 0 Å². The summed E-state index contributed by atoms with van der Waals surface area (Å²) in [6.45, 7) is 3.79. The number of rotatable bonds is 3. The van der Waals surface area contributed by atoms with E-state index in [2.05, 4.69) is 23.1 Å². The summed E-state index contributed by atoms with van der Waals surface area (Å²) in [7, 11) is 1.98. The largest absolute Gasteiger partial charge is 0.494 e. The fourth-order valence-corrected chi connectivity index (χ4v) is 4.27. The molecule has 1 aromatic carbocycles. The summed E-state index contributed by atoms with van der Waals surface area (Å²) in [6, 6.07) is 13.8. The van der Waals surface area contributed by atoms with E-state index in [1.807, 2.05) is 44.3 Å². The van der Waals surface area contributed by atoms with Gasteiger partial charge in [0.1, 0.15) is 11.7 Å². The van der Waals surface area contributed by atoms with Gasteiger partial charge in [0.05, 0.1) is 30.5 Å². The Balaban J connectivity index is 2.18. The predicted molar refractivity (Wildman–Crippen MR) is 99.9 cm³/mol. The summed E-state index contributed by atoms with van der Waals surface area (Å²) in [5.74, 6) is -0.769. The van der Waals surface area contributed by atoms with Crippen LogP contribution in [0.25, 0.3) is 0 Å². The minimum atomic E-state index is -1.66. The van der Waals surface area contributed by atoms with Gasteiger partial charge in [-0.25, -0.2) is 0 Å². The van der Waals surface area contributed by atoms with E-state index < -0.39 is 17.3 Å². The molecule has 6 heteroatoms. The lowest BCUT2D eigenvalue weighted by Crippen LogP contribution is -2.52. The highest BCUT2D eigenvalue weighted by Gasteiger charge is 2.57. The first-order valence-electron chi connectivity index (χ1n) is 8.94. The number of benzene rings is 1. The van der Waals surface area contributed by atoms with Crippen LogP contribution < -0.4 is 4.74 Å². The third kappa shape index (κ3) is 2.87. The lowest BCUT2D eigenvalue weighted by molar-refractivity contribution is 0.235. The number of nitrogens with zero attached hydrogens (tertiary/aromatic N) is 4. The second-order valence-electron chi connectivity index (χ2n) is 7.02. The van der Waals surface area contributed by atoms with Gasteiger partial charge in [0.25, 0.3) is 0 Å². The van der Waals surface area contributed by atoms with Crippen molar-refractivity contribution in [1.82, 2.24) is 4.90 Å². The molecule has 0 aromatic heterocycles. The van der Waals surface area contributed by atoms with Gasteiger partial charge >= 0.3 is 0 Å². The third-order valence-electron chi connectivity index (χ3n) is 5.52. The zero-order chi connectivity index (χ0) is 19.6. The molecule has 0 saturated heterocycles. The third-order valence-corrected chi connectivity index (χ3v) is 5.52. The van der Waals surface area contributed by atoms with Gasteiger partial charge in [0, 0.05) is 24.9 Å². The molecule has 6 nitrogen and oxygen atoms in total. The molecule has 1 aromatic rings. The number of hydrogen-bond acceptors (Lipinski definition) is 6. The molecule has 1 fully saturated rings. The first-order valence-corrected chi connectivity index (χ1v) is 8.94. The summed E-state index contributed by atoms with van der Waals surface area (Å²) >= 11 is 0. The predicted octanol–water partition coefficient (Wildman–Crippen LogP) is 2.86. The van der Waals surface area contributed by atoms with Gasteiger partial charge in [-0.3, -0.25) is 0 Å². The van der Waals surface area contributed by atoms with E-state index in [-0.39, 0.29) is 11.6 Å². The second-order valence-corrected chi connectivity index (χ2v) is 7.02. The standard InChI is InChI=1S/C21H21N5O/c1-3-27-15-6-4-14(5-7-15)19-18-11-26(2)9-8-16(18)17(10-22)20(25)21(19,12-23)13-24/h4-8,17-19,25H,3,9,11H2,1-2H3/t17-,18+,19-/m0/s1. The highest BCUT2D eigenvalue weighted by molar-refractivity contribution is 6.00. The summed E-state index contributed by atoms with van der Waals surface area (Å²) in [4.78, 5) is 2.11. The van der Waals surface area contributed by atoms with Crippen LogP contribution in [0.3, 0.4) is 0 Å². The van der Waals surface area contributed by atoms with Crippen molar-refractivity contribution in [3.63, 3.8) is 0 Å². The summed E-state index contributed by atoms with van der Waals surface area (Å²) in [6.07, 6.45) is 1.98. The average molecular weight is 359 g/mol. The zero-order valence-corrected chi connectivity index (χ0v) is 15.4. The number of likely N-dealkylation sites (N-methyl/N-ethyl adjacent to an activating group) is 1. The summed E-state index contributed by atoms with van der Waals surface area (Å²) < 4.78 is 5.50. The van der Waals surface area contributed by atoms with Crippen LogP contribution in [0.5, 0.6) is 5.75 Å². The van der Waals surface area contributed by atoms with Gasteiger partial charge in [-0.1, -0.05) is 18.2 Å². The van der Waals surface area contributed by atoms with Crippen molar-refractivity contribution >= 4 is 5.71 Å². The maximum Gasteiger partial charge on any atom is 0.189 e. The van der Waals surface area contributed by atoms with E-state index in [4.69, 9.17) is 10.1 Å². The SMILES string of the molecule is CCOc1ccc([C@H]2[C@@H]3CN(C)CC=C3[C@H](C#N)C(=N)C2(C#N)C#N)cc1. The first kappa shape index (κ1) is 18.6. The maximum atomic E-state index is 9.97. The topological polar surface area (TPSA) is 108 Å². The first-order chi connectivity index (χ1) is 13.0. The minimum Gasteiger partial charge on any atom is -0.494 e. The summed E-state index contributed by atoms with van der Waals surface area (Å²) in [5, 5.41) is 38.2. The van der Waals surface area contributed by atoms with Crippen LogP contribution in [0.4, 0.5) is 0 Å². The molecule has 1 aliphatic carbocycles. The van der Waals surface area contributed by atoms with Crippen LogP contribution in [-0.2, 0) is 0 Å². The van der Waals surface area contributed by atoms with Crippen LogP contribution in [0, 0.1) is 56.7 Å². The number of nitrogens with one attached hydrogen (secondary N) is 1. The van der Waals surface area contributed by atoms with E-state index in [1.54, 1.807) is 0 Å².